The van der Waals surface area contributed by atoms with Crippen molar-refractivity contribution in [1.29, 1.82) is 0 Å². The van der Waals surface area contributed by atoms with Crippen LogP contribution in [0.15, 0.2) is 12.7 Å². The van der Waals surface area contributed by atoms with Crippen LogP contribution in [0.3, 0.4) is 0 Å². The molecule has 1 saturated heterocycles. The van der Waals surface area contributed by atoms with Crippen LogP contribution in [0.4, 0.5) is 5.82 Å². The number of hydrogen-bond acceptors (Lipinski definition) is 5. The molecular weight excluding hydrogens is 244 g/mol. The lowest BCUT2D eigenvalue weighted by Gasteiger charge is -2.15. The zero-order valence-corrected chi connectivity index (χ0v) is 10.6. The minimum absolute atomic E-state index is 0.286. The van der Waals surface area contributed by atoms with Crippen molar-refractivity contribution in [2.75, 3.05) is 18.0 Å². The first-order valence-electron chi connectivity index (χ1n) is 6.45. The SMILES string of the molecule is NC(=O)CCn1cnc2c(N3CCCC3)ncnc21. The molecule has 3 rings (SSSR count). The van der Waals surface area contributed by atoms with Gasteiger partial charge in [0.25, 0.3) is 0 Å². The summed E-state index contributed by atoms with van der Waals surface area (Å²) in [5, 5.41) is 0. The Bertz CT molecular complexity index is 601. The van der Waals surface area contributed by atoms with E-state index in [1.165, 1.54) is 12.8 Å². The fraction of sp³-hybridized carbons (Fsp3) is 0.500. The average molecular weight is 260 g/mol. The first-order valence-corrected chi connectivity index (χ1v) is 6.45. The summed E-state index contributed by atoms with van der Waals surface area (Å²) < 4.78 is 1.85. The molecule has 1 amide bonds. The third-order valence-electron chi connectivity index (χ3n) is 3.39. The highest BCUT2D eigenvalue weighted by molar-refractivity contribution is 5.83. The van der Waals surface area contributed by atoms with Gasteiger partial charge in [-0.1, -0.05) is 0 Å². The van der Waals surface area contributed by atoms with E-state index in [9.17, 15) is 4.79 Å². The minimum Gasteiger partial charge on any atom is -0.370 e. The van der Waals surface area contributed by atoms with Crippen LogP contribution in [-0.2, 0) is 11.3 Å². The molecular formula is C12H16N6O. The molecule has 2 N–H and O–H groups in total. The van der Waals surface area contributed by atoms with E-state index in [0.717, 1.165) is 30.1 Å². The fourth-order valence-corrected chi connectivity index (χ4v) is 2.42. The Labute approximate surface area is 110 Å². The van der Waals surface area contributed by atoms with Crippen LogP contribution >= 0.6 is 0 Å². The largest absolute Gasteiger partial charge is 0.370 e. The number of hydrogen-bond donors (Lipinski definition) is 1. The van der Waals surface area contributed by atoms with Gasteiger partial charge in [-0.05, 0) is 12.8 Å². The summed E-state index contributed by atoms with van der Waals surface area (Å²) >= 11 is 0. The number of amides is 1. The van der Waals surface area contributed by atoms with Crippen LogP contribution in [0.2, 0.25) is 0 Å². The predicted molar refractivity (Wildman–Crippen MR) is 70.6 cm³/mol. The van der Waals surface area contributed by atoms with Crippen LogP contribution in [0.5, 0.6) is 0 Å². The molecule has 0 atom stereocenters. The maximum atomic E-state index is 10.9. The molecule has 0 spiro atoms. The van der Waals surface area contributed by atoms with E-state index in [4.69, 9.17) is 5.73 Å². The smallest absolute Gasteiger partial charge is 0.219 e. The summed E-state index contributed by atoms with van der Waals surface area (Å²) in [4.78, 5) is 26.1. The third kappa shape index (κ3) is 2.23. The van der Waals surface area contributed by atoms with Crippen LogP contribution in [0, 0.1) is 0 Å². The molecule has 0 bridgehead atoms. The van der Waals surface area contributed by atoms with Crippen molar-refractivity contribution in [3.8, 4) is 0 Å². The molecule has 19 heavy (non-hydrogen) atoms. The molecule has 1 aliphatic heterocycles. The monoisotopic (exact) mass is 260 g/mol. The summed E-state index contributed by atoms with van der Waals surface area (Å²) in [5.41, 5.74) is 6.73. The molecule has 7 nitrogen and oxygen atoms in total. The highest BCUT2D eigenvalue weighted by Crippen LogP contribution is 2.24. The molecule has 0 aliphatic carbocycles. The topological polar surface area (TPSA) is 89.9 Å². The number of primary amides is 1. The van der Waals surface area contributed by atoms with Gasteiger partial charge in [0.15, 0.2) is 17.0 Å². The lowest BCUT2D eigenvalue weighted by Crippen LogP contribution is -2.19. The van der Waals surface area contributed by atoms with E-state index in [1.54, 1.807) is 12.7 Å². The van der Waals surface area contributed by atoms with Gasteiger partial charge in [-0.15, -0.1) is 0 Å². The Balaban J connectivity index is 1.95. The van der Waals surface area contributed by atoms with Gasteiger partial charge in [0, 0.05) is 26.1 Å². The van der Waals surface area contributed by atoms with E-state index in [2.05, 4.69) is 19.9 Å². The van der Waals surface area contributed by atoms with Gasteiger partial charge < -0.3 is 15.2 Å². The fourth-order valence-electron chi connectivity index (χ4n) is 2.42. The number of fused-ring (bicyclic) bond motifs is 1. The van der Waals surface area contributed by atoms with Crippen molar-refractivity contribution in [1.82, 2.24) is 19.5 Å². The minimum atomic E-state index is -0.323. The summed E-state index contributed by atoms with van der Waals surface area (Å²) in [5.74, 6) is 0.566. The molecule has 3 heterocycles. The standard InChI is InChI=1S/C12H16N6O/c13-9(19)3-6-18-8-16-10-11(14-7-15-12(10)18)17-4-1-2-5-17/h7-8H,1-6H2,(H2,13,19). The number of imidazole rings is 1. The lowest BCUT2D eigenvalue weighted by molar-refractivity contribution is -0.118. The number of aromatic nitrogens is 4. The molecule has 2 aromatic heterocycles. The second-order valence-corrected chi connectivity index (χ2v) is 4.72. The number of carbonyl (C=O) groups is 1. The van der Waals surface area contributed by atoms with Crippen molar-refractivity contribution in [3.05, 3.63) is 12.7 Å². The summed E-state index contributed by atoms with van der Waals surface area (Å²) in [6, 6.07) is 0. The number of carbonyl (C=O) groups excluding carboxylic acids is 1. The summed E-state index contributed by atoms with van der Waals surface area (Å²) in [7, 11) is 0. The Hall–Kier alpha value is -2.18. The predicted octanol–water partition coefficient (Wildman–Crippen LogP) is 0.302. The van der Waals surface area contributed by atoms with Crippen LogP contribution < -0.4 is 10.6 Å². The quantitative estimate of drug-likeness (QED) is 0.854. The molecule has 1 aliphatic rings. The van der Waals surface area contributed by atoms with Gasteiger partial charge in [0.2, 0.25) is 5.91 Å². The summed E-state index contributed by atoms with van der Waals surface area (Å²) in [6.45, 7) is 2.53. The van der Waals surface area contributed by atoms with Gasteiger partial charge in [0.05, 0.1) is 6.33 Å². The van der Waals surface area contributed by atoms with Crippen molar-refractivity contribution in [2.24, 2.45) is 5.73 Å². The molecule has 0 saturated carbocycles. The number of rotatable bonds is 4. The lowest BCUT2D eigenvalue weighted by atomic mass is 10.4. The van der Waals surface area contributed by atoms with E-state index in [1.807, 2.05) is 4.57 Å². The molecule has 0 radical (unpaired) electrons. The molecule has 0 unspecified atom stereocenters. The zero-order chi connectivity index (χ0) is 13.2. The maximum absolute atomic E-state index is 10.9. The molecule has 7 heteroatoms. The van der Waals surface area contributed by atoms with Gasteiger partial charge in [-0.2, -0.15) is 0 Å². The van der Waals surface area contributed by atoms with E-state index in [0.29, 0.717) is 6.54 Å². The normalized spacial score (nSPS) is 15.3. The third-order valence-corrected chi connectivity index (χ3v) is 3.39. The number of aryl methyl sites for hydroxylation is 1. The number of anilines is 1. The molecule has 100 valence electrons. The number of nitrogens with two attached hydrogens (primary N) is 1. The highest BCUT2D eigenvalue weighted by Gasteiger charge is 2.19. The molecule has 0 aromatic carbocycles. The average Bonchev–Trinajstić information content (AvgIpc) is 3.05. The van der Waals surface area contributed by atoms with Crippen molar-refractivity contribution < 1.29 is 4.79 Å². The van der Waals surface area contributed by atoms with Gasteiger partial charge >= 0.3 is 0 Å². The van der Waals surface area contributed by atoms with Crippen molar-refractivity contribution >= 4 is 22.9 Å². The van der Waals surface area contributed by atoms with Gasteiger partial charge in [-0.3, -0.25) is 4.79 Å². The van der Waals surface area contributed by atoms with E-state index >= 15 is 0 Å². The van der Waals surface area contributed by atoms with Gasteiger partial charge in [0.1, 0.15) is 6.33 Å². The van der Waals surface area contributed by atoms with Crippen molar-refractivity contribution in [3.63, 3.8) is 0 Å². The zero-order valence-electron chi connectivity index (χ0n) is 10.6. The first-order chi connectivity index (χ1) is 9.25. The van der Waals surface area contributed by atoms with Crippen LogP contribution in [-0.4, -0.2) is 38.5 Å². The second-order valence-electron chi connectivity index (χ2n) is 4.72. The second kappa shape index (κ2) is 4.83. The molecule has 2 aromatic rings. The maximum Gasteiger partial charge on any atom is 0.219 e. The number of nitrogens with zero attached hydrogens (tertiary/aromatic N) is 5. The van der Waals surface area contributed by atoms with E-state index in [-0.39, 0.29) is 12.3 Å². The first kappa shape index (κ1) is 11.9. The Morgan fingerprint density at radius 1 is 1.26 bits per heavy atom. The summed E-state index contributed by atoms with van der Waals surface area (Å²) in [6.07, 6.45) is 5.91. The van der Waals surface area contributed by atoms with Crippen molar-refractivity contribution in [2.45, 2.75) is 25.8 Å². The molecule has 1 fully saturated rings. The van der Waals surface area contributed by atoms with Crippen LogP contribution in [0.1, 0.15) is 19.3 Å². The van der Waals surface area contributed by atoms with Crippen LogP contribution in [0.25, 0.3) is 11.2 Å². The van der Waals surface area contributed by atoms with Gasteiger partial charge in [-0.25, -0.2) is 15.0 Å². The Morgan fingerprint density at radius 3 is 2.79 bits per heavy atom. The Kier molecular flexibility index (Phi) is 3.02. The Morgan fingerprint density at radius 2 is 2.05 bits per heavy atom. The highest BCUT2D eigenvalue weighted by atomic mass is 16.1. The van der Waals surface area contributed by atoms with E-state index < -0.39 is 0 Å².